The number of hydrogen-bond donors (Lipinski definition) is 0. The van der Waals surface area contributed by atoms with Gasteiger partial charge in [-0.15, -0.1) is 0 Å². The van der Waals surface area contributed by atoms with Gasteiger partial charge in [0.05, 0.1) is 12.0 Å². The van der Waals surface area contributed by atoms with Gasteiger partial charge in [0.2, 0.25) is 0 Å². The topological polar surface area (TPSA) is 34.9 Å². The Morgan fingerprint density at radius 3 is 2.65 bits per heavy atom. The highest BCUT2D eigenvalue weighted by Crippen LogP contribution is 2.13. The van der Waals surface area contributed by atoms with Crippen LogP contribution in [0, 0.1) is 0 Å². The summed E-state index contributed by atoms with van der Waals surface area (Å²) in [6, 6.07) is 9.99. The first-order chi connectivity index (χ1) is 8.22. The van der Waals surface area contributed by atoms with Crippen LogP contribution in [0.1, 0.15) is 18.2 Å². The maximum atomic E-state index is 11.9. The van der Waals surface area contributed by atoms with E-state index >= 15 is 0 Å². The molecule has 0 spiro atoms. The van der Waals surface area contributed by atoms with Gasteiger partial charge in [0.25, 0.3) is 5.56 Å². The second kappa shape index (κ2) is 5.27. The first-order valence-corrected chi connectivity index (χ1v) is 6.29. The largest absolute Gasteiger partial charge is 0.299 e. The van der Waals surface area contributed by atoms with Gasteiger partial charge in [0.1, 0.15) is 4.47 Å². The molecule has 4 heteroatoms. The molecule has 3 nitrogen and oxygen atoms in total. The highest BCUT2D eigenvalue weighted by Gasteiger charge is 2.08. The summed E-state index contributed by atoms with van der Waals surface area (Å²) in [5, 5.41) is 0. The molecule has 0 aliphatic rings. The number of hydrogen-bond acceptors (Lipinski definition) is 2. The van der Waals surface area contributed by atoms with Gasteiger partial charge in [0, 0.05) is 13.0 Å². The molecule has 0 unspecified atom stereocenters. The Morgan fingerprint density at radius 1 is 1.29 bits per heavy atom. The van der Waals surface area contributed by atoms with Crippen LogP contribution < -0.4 is 5.56 Å². The number of halogens is 1. The summed E-state index contributed by atoms with van der Waals surface area (Å²) in [4.78, 5) is 16.2. The minimum absolute atomic E-state index is 0.0200. The van der Waals surface area contributed by atoms with Crippen molar-refractivity contribution in [2.75, 3.05) is 0 Å². The van der Waals surface area contributed by atoms with Gasteiger partial charge in [-0.25, -0.2) is 4.98 Å². The molecule has 0 fully saturated rings. The molecular weight excluding hydrogens is 280 g/mol. The number of nitrogens with zero attached hydrogens (tertiary/aromatic N) is 2. The first kappa shape index (κ1) is 12.0. The van der Waals surface area contributed by atoms with Crippen molar-refractivity contribution in [1.29, 1.82) is 0 Å². The maximum Gasteiger partial charge on any atom is 0.267 e. The van der Waals surface area contributed by atoms with Crippen LogP contribution in [-0.4, -0.2) is 9.55 Å². The van der Waals surface area contributed by atoms with E-state index in [1.165, 1.54) is 0 Å². The summed E-state index contributed by atoms with van der Waals surface area (Å²) >= 11 is 3.33. The molecule has 0 N–H and O–H groups in total. The van der Waals surface area contributed by atoms with Gasteiger partial charge in [-0.05, 0) is 28.4 Å². The smallest absolute Gasteiger partial charge is 0.267 e. The number of aromatic nitrogens is 2. The molecule has 0 radical (unpaired) electrons. The summed E-state index contributed by atoms with van der Waals surface area (Å²) < 4.78 is 2.14. The van der Waals surface area contributed by atoms with Crippen LogP contribution in [0.2, 0.25) is 0 Å². The van der Waals surface area contributed by atoms with E-state index in [-0.39, 0.29) is 5.56 Å². The van der Waals surface area contributed by atoms with Gasteiger partial charge in [-0.1, -0.05) is 30.3 Å². The molecule has 88 valence electrons. The Kier molecular flexibility index (Phi) is 3.74. The lowest BCUT2D eigenvalue weighted by molar-refractivity contribution is 0.693. The summed E-state index contributed by atoms with van der Waals surface area (Å²) in [7, 11) is 0. The zero-order chi connectivity index (χ0) is 12.3. The van der Waals surface area contributed by atoms with E-state index in [4.69, 9.17) is 0 Å². The fraction of sp³-hybridized carbons (Fsp3) is 0.231. The molecule has 0 bridgehead atoms. The average Bonchev–Trinajstić information content (AvgIpc) is 2.37. The molecule has 1 heterocycles. The Labute approximate surface area is 108 Å². The monoisotopic (exact) mass is 292 g/mol. The third-order valence-electron chi connectivity index (χ3n) is 2.61. The third kappa shape index (κ3) is 2.64. The molecule has 17 heavy (non-hydrogen) atoms. The van der Waals surface area contributed by atoms with E-state index in [1.807, 2.05) is 37.3 Å². The van der Waals surface area contributed by atoms with Crippen molar-refractivity contribution < 1.29 is 0 Å². The van der Waals surface area contributed by atoms with Crippen LogP contribution in [-0.2, 0) is 13.0 Å². The summed E-state index contributed by atoms with van der Waals surface area (Å²) in [6.45, 7) is 2.56. The van der Waals surface area contributed by atoms with E-state index < -0.39 is 0 Å². The van der Waals surface area contributed by atoms with Crippen LogP contribution in [0.4, 0.5) is 0 Å². The number of benzene rings is 1. The van der Waals surface area contributed by atoms with Crippen molar-refractivity contribution in [2.24, 2.45) is 0 Å². The summed E-state index contributed by atoms with van der Waals surface area (Å²) in [6.07, 6.45) is 2.27. The number of aryl methyl sites for hydroxylation is 1. The lowest BCUT2D eigenvalue weighted by Gasteiger charge is -2.06. The summed E-state index contributed by atoms with van der Waals surface area (Å²) in [5.41, 5.74) is 1.91. The highest BCUT2D eigenvalue weighted by molar-refractivity contribution is 9.10. The van der Waals surface area contributed by atoms with Gasteiger partial charge in [0.15, 0.2) is 0 Å². The highest BCUT2D eigenvalue weighted by atomic mass is 79.9. The van der Waals surface area contributed by atoms with Crippen LogP contribution >= 0.6 is 15.9 Å². The standard InChI is InChI=1S/C13H13BrN2O/c1-2-16-9-15-11(12(14)13(16)17)8-10-6-4-3-5-7-10/h3-7,9H,2,8H2,1H3. The zero-order valence-electron chi connectivity index (χ0n) is 9.56. The molecule has 0 aliphatic heterocycles. The van der Waals surface area contributed by atoms with E-state index in [9.17, 15) is 4.79 Å². The molecule has 2 aromatic rings. The molecule has 0 saturated carbocycles. The van der Waals surface area contributed by atoms with Crippen LogP contribution in [0.5, 0.6) is 0 Å². The van der Waals surface area contributed by atoms with Gasteiger partial charge >= 0.3 is 0 Å². The van der Waals surface area contributed by atoms with Crippen LogP contribution in [0.3, 0.4) is 0 Å². The maximum absolute atomic E-state index is 11.9. The van der Waals surface area contributed by atoms with Gasteiger partial charge in [-0.3, -0.25) is 9.36 Å². The number of rotatable bonds is 3. The molecule has 0 aliphatic carbocycles. The summed E-state index contributed by atoms with van der Waals surface area (Å²) in [5.74, 6) is 0. The molecule has 0 saturated heterocycles. The van der Waals surface area contributed by atoms with Gasteiger partial charge in [-0.2, -0.15) is 0 Å². The fourth-order valence-electron chi connectivity index (χ4n) is 1.64. The van der Waals surface area contributed by atoms with Crippen molar-refractivity contribution >= 4 is 15.9 Å². The van der Waals surface area contributed by atoms with Crippen molar-refractivity contribution in [3.05, 3.63) is 62.7 Å². The lowest BCUT2D eigenvalue weighted by Crippen LogP contribution is -2.22. The normalized spacial score (nSPS) is 10.5. The van der Waals surface area contributed by atoms with E-state index in [0.29, 0.717) is 17.4 Å². The van der Waals surface area contributed by atoms with Crippen molar-refractivity contribution in [2.45, 2.75) is 19.9 Å². The minimum Gasteiger partial charge on any atom is -0.299 e. The molecule has 2 rings (SSSR count). The quantitative estimate of drug-likeness (QED) is 0.872. The second-order valence-electron chi connectivity index (χ2n) is 3.76. The lowest BCUT2D eigenvalue weighted by atomic mass is 10.1. The fourth-order valence-corrected chi connectivity index (χ4v) is 2.11. The zero-order valence-corrected chi connectivity index (χ0v) is 11.1. The van der Waals surface area contributed by atoms with E-state index in [2.05, 4.69) is 20.9 Å². The first-order valence-electron chi connectivity index (χ1n) is 5.50. The van der Waals surface area contributed by atoms with E-state index in [1.54, 1.807) is 10.9 Å². The second-order valence-corrected chi connectivity index (χ2v) is 4.55. The van der Waals surface area contributed by atoms with Crippen LogP contribution in [0.15, 0.2) is 45.9 Å². The molecule has 1 aromatic carbocycles. The van der Waals surface area contributed by atoms with Crippen molar-refractivity contribution in [3.8, 4) is 0 Å². The Bertz CT molecular complexity index is 563. The van der Waals surface area contributed by atoms with E-state index in [0.717, 1.165) is 11.3 Å². The molecule has 1 aromatic heterocycles. The predicted molar refractivity (Wildman–Crippen MR) is 71.1 cm³/mol. The molecule has 0 amide bonds. The predicted octanol–water partition coefficient (Wildman–Crippen LogP) is 2.62. The average molecular weight is 293 g/mol. The SMILES string of the molecule is CCn1cnc(Cc2ccccc2)c(Br)c1=O. The Balaban J connectivity index is 2.35. The van der Waals surface area contributed by atoms with Gasteiger partial charge < -0.3 is 0 Å². The Hall–Kier alpha value is -1.42. The molecule has 0 atom stereocenters. The van der Waals surface area contributed by atoms with Crippen LogP contribution in [0.25, 0.3) is 0 Å². The third-order valence-corrected chi connectivity index (χ3v) is 3.41. The Morgan fingerprint density at radius 2 is 2.00 bits per heavy atom. The van der Waals surface area contributed by atoms with Crippen molar-refractivity contribution in [3.63, 3.8) is 0 Å². The van der Waals surface area contributed by atoms with Crippen molar-refractivity contribution in [1.82, 2.24) is 9.55 Å². The minimum atomic E-state index is -0.0200. The molecular formula is C13H13BrN2O.